The summed E-state index contributed by atoms with van der Waals surface area (Å²) in [6.07, 6.45) is 0.148. The molecule has 2 N–H and O–H groups in total. The van der Waals surface area contributed by atoms with E-state index in [9.17, 15) is 4.39 Å². The summed E-state index contributed by atoms with van der Waals surface area (Å²) in [6, 6.07) is 4.46. The molecule has 1 aromatic rings. The van der Waals surface area contributed by atoms with Gasteiger partial charge in [-0.1, -0.05) is 11.6 Å². The van der Waals surface area contributed by atoms with Gasteiger partial charge in [0.1, 0.15) is 5.82 Å². The number of nitrogens with zero attached hydrogens (tertiary/aromatic N) is 1. The summed E-state index contributed by atoms with van der Waals surface area (Å²) in [5.74, 6) is -0.256. The molecule has 1 saturated heterocycles. The van der Waals surface area contributed by atoms with Crippen molar-refractivity contribution >= 4 is 11.6 Å². The topological polar surface area (TPSA) is 38.5 Å². The third-order valence-corrected chi connectivity index (χ3v) is 3.49. The molecule has 1 aromatic carbocycles. The van der Waals surface area contributed by atoms with E-state index in [0.717, 1.165) is 13.1 Å². The van der Waals surface area contributed by atoms with Gasteiger partial charge in [-0.3, -0.25) is 4.90 Å². The van der Waals surface area contributed by atoms with Crippen LogP contribution in [-0.2, 0) is 4.74 Å². The van der Waals surface area contributed by atoms with E-state index in [2.05, 4.69) is 4.90 Å². The third kappa shape index (κ3) is 3.01. The Morgan fingerprint density at radius 3 is 3.06 bits per heavy atom. The predicted molar refractivity (Wildman–Crippen MR) is 70.2 cm³/mol. The molecule has 0 bridgehead atoms. The highest BCUT2D eigenvalue weighted by Gasteiger charge is 2.26. The summed E-state index contributed by atoms with van der Waals surface area (Å²) < 4.78 is 19.4. The molecule has 18 heavy (non-hydrogen) atoms. The van der Waals surface area contributed by atoms with Crippen LogP contribution in [0.25, 0.3) is 0 Å². The van der Waals surface area contributed by atoms with Gasteiger partial charge in [0.05, 0.1) is 18.8 Å². The van der Waals surface area contributed by atoms with E-state index in [1.165, 1.54) is 6.07 Å². The van der Waals surface area contributed by atoms with Crippen LogP contribution in [0.15, 0.2) is 18.2 Å². The SMILES string of the molecule is CC1CN(C(CN)c2cc(Cl)ccc2F)CCO1. The van der Waals surface area contributed by atoms with Crippen LogP contribution in [0.4, 0.5) is 4.39 Å². The molecule has 2 atom stereocenters. The number of halogens is 2. The Hall–Kier alpha value is -0.680. The lowest BCUT2D eigenvalue weighted by atomic mass is 10.0. The molecule has 0 saturated carbocycles. The first-order chi connectivity index (χ1) is 8.61. The Balaban J connectivity index is 2.24. The molecule has 5 heteroatoms. The van der Waals surface area contributed by atoms with Gasteiger partial charge in [-0.2, -0.15) is 0 Å². The minimum absolute atomic E-state index is 0.143. The molecule has 2 rings (SSSR count). The quantitative estimate of drug-likeness (QED) is 0.917. The normalized spacial score (nSPS) is 23.0. The standard InChI is InChI=1S/C13H18ClFN2O/c1-9-8-17(4-5-18-9)13(7-16)11-6-10(14)2-3-12(11)15/h2-3,6,9,13H,4-5,7-8,16H2,1H3. The second-order valence-corrected chi connectivity index (χ2v) is 5.03. The summed E-state index contributed by atoms with van der Waals surface area (Å²) in [5, 5.41) is 0.533. The van der Waals surface area contributed by atoms with Crippen LogP contribution < -0.4 is 5.73 Å². The third-order valence-electron chi connectivity index (χ3n) is 3.25. The molecule has 1 heterocycles. The summed E-state index contributed by atoms with van der Waals surface area (Å²) in [4.78, 5) is 2.16. The minimum Gasteiger partial charge on any atom is -0.376 e. The maximum absolute atomic E-state index is 13.9. The Morgan fingerprint density at radius 2 is 2.39 bits per heavy atom. The van der Waals surface area contributed by atoms with Crippen molar-refractivity contribution in [2.75, 3.05) is 26.2 Å². The van der Waals surface area contributed by atoms with Crippen molar-refractivity contribution in [2.24, 2.45) is 5.73 Å². The minimum atomic E-state index is -0.256. The molecule has 0 aliphatic carbocycles. The molecular weight excluding hydrogens is 255 g/mol. The first kappa shape index (κ1) is 13.7. The Morgan fingerprint density at radius 1 is 1.61 bits per heavy atom. The van der Waals surface area contributed by atoms with Gasteiger partial charge in [0.2, 0.25) is 0 Å². The second kappa shape index (κ2) is 5.97. The smallest absolute Gasteiger partial charge is 0.128 e. The van der Waals surface area contributed by atoms with Crippen LogP contribution in [0.3, 0.4) is 0 Å². The van der Waals surface area contributed by atoms with Crippen molar-refractivity contribution in [3.8, 4) is 0 Å². The fraction of sp³-hybridized carbons (Fsp3) is 0.538. The van der Waals surface area contributed by atoms with Crippen LogP contribution in [0.1, 0.15) is 18.5 Å². The van der Waals surface area contributed by atoms with Gasteiger partial charge in [-0.25, -0.2) is 4.39 Å². The number of benzene rings is 1. The average Bonchev–Trinajstić information content (AvgIpc) is 2.35. The van der Waals surface area contributed by atoms with Crippen LogP contribution in [0.2, 0.25) is 5.02 Å². The van der Waals surface area contributed by atoms with E-state index >= 15 is 0 Å². The molecule has 3 nitrogen and oxygen atoms in total. The van der Waals surface area contributed by atoms with Gasteiger partial charge >= 0.3 is 0 Å². The highest BCUT2D eigenvalue weighted by Crippen LogP contribution is 2.26. The van der Waals surface area contributed by atoms with E-state index < -0.39 is 0 Å². The number of hydrogen-bond acceptors (Lipinski definition) is 3. The van der Waals surface area contributed by atoms with Crippen LogP contribution in [0.5, 0.6) is 0 Å². The zero-order valence-electron chi connectivity index (χ0n) is 10.4. The van der Waals surface area contributed by atoms with Crippen molar-refractivity contribution in [2.45, 2.75) is 19.1 Å². The van der Waals surface area contributed by atoms with E-state index in [4.69, 9.17) is 22.1 Å². The van der Waals surface area contributed by atoms with E-state index in [1.807, 2.05) is 6.92 Å². The molecular formula is C13H18ClFN2O. The van der Waals surface area contributed by atoms with Crippen LogP contribution in [-0.4, -0.2) is 37.2 Å². The van der Waals surface area contributed by atoms with Gasteiger partial charge in [0.15, 0.2) is 0 Å². The second-order valence-electron chi connectivity index (χ2n) is 4.59. The molecule has 0 spiro atoms. The molecule has 0 aromatic heterocycles. The lowest BCUT2D eigenvalue weighted by molar-refractivity contribution is -0.0337. The fourth-order valence-corrected chi connectivity index (χ4v) is 2.55. The highest BCUT2D eigenvalue weighted by atomic mass is 35.5. The number of nitrogens with two attached hydrogens (primary N) is 1. The lowest BCUT2D eigenvalue weighted by Crippen LogP contribution is -2.45. The predicted octanol–water partition coefficient (Wildman–Crippen LogP) is 2.20. The van der Waals surface area contributed by atoms with Crippen molar-refractivity contribution in [1.29, 1.82) is 0 Å². The number of ether oxygens (including phenoxy) is 1. The summed E-state index contributed by atoms with van der Waals surface area (Å²) >= 11 is 5.93. The Labute approximate surface area is 112 Å². The summed E-state index contributed by atoms with van der Waals surface area (Å²) in [6.45, 7) is 4.55. The molecule has 0 radical (unpaired) electrons. The number of morpholine rings is 1. The first-order valence-corrected chi connectivity index (χ1v) is 6.50. The van der Waals surface area contributed by atoms with E-state index in [-0.39, 0.29) is 18.0 Å². The summed E-state index contributed by atoms with van der Waals surface area (Å²) in [5.41, 5.74) is 6.38. The fourth-order valence-electron chi connectivity index (χ4n) is 2.37. The maximum Gasteiger partial charge on any atom is 0.128 e. The Kier molecular flexibility index (Phi) is 4.56. The van der Waals surface area contributed by atoms with Crippen molar-refractivity contribution in [3.05, 3.63) is 34.6 Å². The van der Waals surface area contributed by atoms with Gasteiger partial charge in [-0.05, 0) is 25.1 Å². The van der Waals surface area contributed by atoms with Crippen LogP contribution in [0, 0.1) is 5.82 Å². The van der Waals surface area contributed by atoms with Gasteiger partial charge in [0.25, 0.3) is 0 Å². The van der Waals surface area contributed by atoms with Crippen LogP contribution >= 0.6 is 11.6 Å². The number of rotatable bonds is 3. The van der Waals surface area contributed by atoms with Crippen molar-refractivity contribution < 1.29 is 9.13 Å². The highest BCUT2D eigenvalue weighted by molar-refractivity contribution is 6.30. The molecule has 0 amide bonds. The molecule has 1 aliphatic heterocycles. The zero-order chi connectivity index (χ0) is 13.1. The lowest BCUT2D eigenvalue weighted by Gasteiger charge is -2.37. The molecule has 1 fully saturated rings. The number of hydrogen-bond donors (Lipinski definition) is 1. The van der Waals surface area contributed by atoms with Crippen molar-refractivity contribution in [1.82, 2.24) is 4.90 Å². The zero-order valence-corrected chi connectivity index (χ0v) is 11.2. The molecule has 100 valence electrons. The van der Waals surface area contributed by atoms with Gasteiger partial charge in [-0.15, -0.1) is 0 Å². The van der Waals surface area contributed by atoms with Crippen molar-refractivity contribution in [3.63, 3.8) is 0 Å². The van der Waals surface area contributed by atoms with Gasteiger partial charge < -0.3 is 10.5 Å². The first-order valence-electron chi connectivity index (χ1n) is 6.12. The van der Waals surface area contributed by atoms with E-state index in [1.54, 1.807) is 12.1 Å². The maximum atomic E-state index is 13.9. The molecule has 2 unspecified atom stereocenters. The Bertz CT molecular complexity index is 416. The monoisotopic (exact) mass is 272 g/mol. The largest absolute Gasteiger partial charge is 0.376 e. The summed E-state index contributed by atoms with van der Waals surface area (Å²) in [7, 11) is 0. The average molecular weight is 273 g/mol. The van der Waals surface area contributed by atoms with Gasteiger partial charge in [0, 0.05) is 30.2 Å². The van der Waals surface area contributed by atoms with E-state index in [0.29, 0.717) is 23.7 Å². The molecule has 1 aliphatic rings.